The number of hydrogen-bond acceptors (Lipinski definition) is 5. The highest BCUT2D eigenvalue weighted by molar-refractivity contribution is 5.74. The number of carbonyl (C=O) groups excluding carboxylic acids is 1. The number of ether oxygens (including phenoxy) is 2. The molecule has 0 aliphatic heterocycles. The van der Waals surface area contributed by atoms with E-state index in [1.54, 1.807) is 0 Å². The summed E-state index contributed by atoms with van der Waals surface area (Å²) in [6, 6.07) is 0. The van der Waals surface area contributed by atoms with Crippen LogP contribution in [0, 0.1) is 0 Å². The van der Waals surface area contributed by atoms with Crippen LogP contribution < -0.4 is 5.48 Å². The minimum absolute atomic E-state index is 0.230. The van der Waals surface area contributed by atoms with Crippen LogP contribution in [0.3, 0.4) is 0 Å². The van der Waals surface area contributed by atoms with E-state index in [4.69, 9.17) is 15.0 Å². The van der Waals surface area contributed by atoms with Crippen LogP contribution in [-0.2, 0) is 19.1 Å². The summed E-state index contributed by atoms with van der Waals surface area (Å²) in [7, 11) is 1.37. The number of hydroxylamine groups is 1. The first-order valence-electron chi connectivity index (χ1n) is 4.79. The molecule has 1 N–H and O–H groups in total. The molecule has 0 heterocycles. The second-order valence-electron chi connectivity index (χ2n) is 2.66. The van der Waals surface area contributed by atoms with Crippen molar-refractivity contribution in [1.82, 2.24) is 5.48 Å². The fourth-order valence-corrected chi connectivity index (χ4v) is 0.802. The largest absolute Gasteiger partial charge is 0.379 e. The van der Waals surface area contributed by atoms with Crippen molar-refractivity contribution in [2.75, 3.05) is 40.1 Å². The Bertz CT molecular complexity index is 230. The van der Waals surface area contributed by atoms with Crippen molar-refractivity contribution in [3.63, 3.8) is 0 Å². The van der Waals surface area contributed by atoms with Gasteiger partial charge in [0.15, 0.2) is 0 Å². The van der Waals surface area contributed by atoms with E-state index in [2.05, 4.69) is 20.3 Å². The van der Waals surface area contributed by atoms with Gasteiger partial charge in [0.25, 0.3) is 0 Å². The number of azide groups is 1. The van der Waals surface area contributed by atoms with Gasteiger partial charge >= 0.3 is 0 Å². The van der Waals surface area contributed by atoms with Gasteiger partial charge in [-0.15, -0.1) is 0 Å². The fourth-order valence-electron chi connectivity index (χ4n) is 0.802. The first-order chi connectivity index (χ1) is 7.81. The van der Waals surface area contributed by atoms with Gasteiger partial charge in [0.05, 0.1) is 40.0 Å². The first-order valence-corrected chi connectivity index (χ1v) is 4.79. The number of hydrogen-bond donors (Lipinski definition) is 1. The highest BCUT2D eigenvalue weighted by atomic mass is 16.6. The Morgan fingerprint density at radius 1 is 1.31 bits per heavy atom. The molecule has 0 radical (unpaired) electrons. The van der Waals surface area contributed by atoms with Crippen LogP contribution in [0.25, 0.3) is 10.4 Å². The predicted molar refractivity (Wildman–Crippen MR) is 55.4 cm³/mol. The van der Waals surface area contributed by atoms with Crippen molar-refractivity contribution in [2.45, 2.75) is 6.42 Å². The molecule has 0 saturated carbocycles. The lowest BCUT2D eigenvalue weighted by atomic mass is 10.4. The van der Waals surface area contributed by atoms with Crippen LogP contribution in [0.1, 0.15) is 6.42 Å². The molecule has 0 atom stereocenters. The minimum Gasteiger partial charge on any atom is -0.379 e. The second kappa shape index (κ2) is 11.7. The Hall–Kier alpha value is -1.34. The van der Waals surface area contributed by atoms with E-state index in [1.165, 1.54) is 7.11 Å². The van der Waals surface area contributed by atoms with Crippen LogP contribution in [0.15, 0.2) is 5.11 Å². The highest BCUT2D eigenvalue weighted by Gasteiger charge is 1.98. The maximum Gasteiger partial charge on any atom is 0.245 e. The van der Waals surface area contributed by atoms with E-state index in [9.17, 15) is 4.79 Å². The van der Waals surface area contributed by atoms with Crippen LogP contribution in [0.4, 0.5) is 0 Å². The summed E-state index contributed by atoms with van der Waals surface area (Å²) in [6.45, 7) is 1.81. The van der Waals surface area contributed by atoms with E-state index < -0.39 is 0 Å². The quantitative estimate of drug-likeness (QED) is 0.193. The Morgan fingerprint density at radius 2 is 2.00 bits per heavy atom. The van der Waals surface area contributed by atoms with E-state index >= 15 is 0 Å². The number of amides is 1. The van der Waals surface area contributed by atoms with E-state index in [0.29, 0.717) is 33.0 Å². The molecule has 0 aliphatic carbocycles. The van der Waals surface area contributed by atoms with Gasteiger partial charge < -0.3 is 9.47 Å². The van der Waals surface area contributed by atoms with Crippen LogP contribution in [0.2, 0.25) is 0 Å². The molecule has 16 heavy (non-hydrogen) atoms. The zero-order chi connectivity index (χ0) is 12.1. The first kappa shape index (κ1) is 14.7. The lowest BCUT2D eigenvalue weighted by Crippen LogP contribution is -2.23. The third kappa shape index (κ3) is 10.7. The molecule has 0 saturated heterocycles. The summed E-state index contributed by atoms with van der Waals surface area (Å²) in [5.74, 6) is -0.230. The van der Waals surface area contributed by atoms with Crippen LogP contribution in [-0.4, -0.2) is 46.0 Å². The van der Waals surface area contributed by atoms with Gasteiger partial charge in [-0.2, -0.15) is 0 Å². The summed E-state index contributed by atoms with van der Waals surface area (Å²) in [6.07, 6.45) is 0.243. The molecule has 0 aromatic carbocycles. The molecule has 1 amide bonds. The average molecular weight is 232 g/mol. The topological polar surface area (TPSA) is 106 Å². The Labute approximate surface area is 93.4 Å². The summed E-state index contributed by atoms with van der Waals surface area (Å²) < 4.78 is 10.2. The third-order valence-corrected chi connectivity index (χ3v) is 1.46. The monoisotopic (exact) mass is 232 g/mol. The van der Waals surface area contributed by atoms with Gasteiger partial charge in [-0.25, -0.2) is 5.48 Å². The van der Waals surface area contributed by atoms with Crippen molar-refractivity contribution in [3.8, 4) is 0 Å². The van der Waals surface area contributed by atoms with Crippen molar-refractivity contribution in [1.29, 1.82) is 0 Å². The summed E-state index contributed by atoms with van der Waals surface area (Å²) >= 11 is 0. The normalized spacial score (nSPS) is 9.56. The van der Waals surface area contributed by atoms with Gasteiger partial charge in [-0.05, 0) is 5.53 Å². The van der Waals surface area contributed by atoms with Gasteiger partial charge in [0, 0.05) is 11.5 Å². The van der Waals surface area contributed by atoms with Gasteiger partial charge in [0.2, 0.25) is 5.91 Å². The average Bonchev–Trinajstić information content (AvgIpc) is 2.27. The number of nitrogens with one attached hydrogen (secondary N) is 1. The molecule has 0 aromatic rings. The lowest BCUT2D eigenvalue weighted by Gasteiger charge is -2.04. The maximum absolute atomic E-state index is 10.9. The van der Waals surface area contributed by atoms with E-state index in [1.807, 2.05) is 0 Å². The molecule has 0 aromatic heterocycles. The Morgan fingerprint density at radius 3 is 2.62 bits per heavy atom. The SMILES string of the molecule is CONC(=O)CCOCCOCCN=[N+]=[N-]. The third-order valence-electron chi connectivity index (χ3n) is 1.46. The molecule has 8 heteroatoms. The molecule has 0 fully saturated rings. The van der Waals surface area contributed by atoms with Crippen molar-refractivity contribution in [3.05, 3.63) is 10.4 Å². The van der Waals surface area contributed by atoms with Gasteiger partial charge in [-0.3, -0.25) is 9.63 Å². The summed E-state index contributed by atoms with van der Waals surface area (Å²) in [5.41, 5.74) is 10.1. The molecule has 92 valence electrons. The Kier molecular flexibility index (Phi) is 10.8. The van der Waals surface area contributed by atoms with Crippen LogP contribution >= 0.6 is 0 Å². The predicted octanol–water partition coefficient (Wildman–Crippen LogP) is 0.398. The highest BCUT2D eigenvalue weighted by Crippen LogP contribution is 1.85. The fraction of sp³-hybridized carbons (Fsp3) is 0.875. The van der Waals surface area contributed by atoms with Crippen LogP contribution in [0.5, 0.6) is 0 Å². The van der Waals surface area contributed by atoms with E-state index in [0.717, 1.165) is 0 Å². The molecule has 0 aliphatic rings. The van der Waals surface area contributed by atoms with Gasteiger partial charge in [-0.1, -0.05) is 5.11 Å². The Balaban J connectivity index is 3.09. The number of rotatable bonds is 10. The maximum atomic E-state index is 10.9. The molecular weight excluding hydrogens is 216 g/mol. The molecular formula is C8H16N4O4. The van der Waals surface area contributed by atoms with Crippen molar-refractivity contribution >= 4 is 5.91 Å². The summed E-state index contributed by atoms with van der Waals surface area (Å²) in [4.78, 5) is 17.9. The zero-order valence-corrected chi connectivity index (χ0v) is 9.22. The minimum atomic E-state index is -0.230. The standard InChI is InChI=1S/C8H16N4O4/c1-14-11-8(13)2-4-15-6-7-16-5-3-10-12-9/h2-7H2,1H3,(H,11,13). The smallest absolute Gasteiger partial charge is 0.245 e. The number of carbonyl (C=O) groups is 1. The molecule has 0 spiro atoms. The molecule has 0 bridgehead atoms. The number of nitrogens with zero attached hydrogens (tertiary/aromatic N) is 3. The molecule has 0 rings (SSSR count). The second-order valence-corrected chi connectivity index (χ2v) is 2.66. The zero-order valence-electron chi connectivity index (χ0n) is 9.22. The lowest BCUT2D eigenvalue weighted by molar-refractivity contribution is -0.132. The van der Waals surface area contributed by atoms with Gasteiger partial charge in [0.1, 0.15) is 0 Å². The molecule has 8 nitrogen and oxygen atoms in total. The van der Waals surface area contributed by atoms with Crippen molar-refractivity contribution in [2.24, 2.45) is 5.11 Å². The summed E-state index contributed by atoms with van der Waals surface area (Å²) in [5, 5.41) is 3.30. The van der Waals surface area contributed by atoms with Crippen molar-refractivity contribution < 1.29 is 19.1 Å². The van der Waals surface area contributed by atoms with E-state index in [-0.39, 0.29) is 12.3 Å². The molecule has 0 unspecified atom stereocenters.